The number of amides is 1. The quantitative estimate of drug-likeness (QED) is 0.810. The van der Waals surface area contributed by atoms with Crippen LogP contribution in [-0.2, 0) is 0 Å². The zero-order valence-electron chi connectivity index (χ0n) is 9.69. The van der Waals surface area contributed by atoms with Gasteiger partial charge in [-0.25, -0.2) is 8.78 Å². The van der Waals surface area contributed by atoms with Crippen LogP contribution in [-0.4, -0.2) is 10.9 Å². The topological polar surface area (TPSA) is 82.7 Å². The van der Waals surface area contributed by atoms with Gasteiger partial charge in [-0.05, 0) is 19.4 Å². The minimum atomic E-state index is -1.29. The minimum Gasteiger partial charge on any atom is -0.365 e. The van der Waals surface area contributed by atoms with Gasteiger partial charge in [-0.3, -0.25) is 4.79 Å². The summed E-state index contributed by atoms with van der Waals surface area (Å²) in [7, 11) is 0. The van der Waals surface area contributed by atoms with Gasteiger partial charge in [-0.2, -0.15) is 5.26 Å². The summed E-state index contributed by atoms with van der Waals surface area (Å²) in [5.74, 6) is -3.54. The Morgan fingerprint density at radius 1 is 1.33 bits per heavy atom. The van der Waals surface area contributed by atoms with Crippen LogP contribution in [0.25, 0.3) is 10.9 Å². The first-order valence-electron chi connectivity index (χ1n) is 5.09. The third-order valence-corrected chi connectivity index (χ3v) is 2.91. The number of carbonyl (C=O) groups excluding carboxylic acids is 1. The first kappa shape index (κ1) is 12.0. The van der Waals surface area contributed by atoms with E-state index in [1.54, 1.807) is 6.92 Å². The van der Waals surface area contributed by atoms with Gasteiger partial charge in [0.05, 0.1) is 11.1 Å². The molecule has 2 rings (SSSR count). The number of primary amides is 1. The monoisotopic (exact) mass is 249 g/mol. The number of hydrogen-bond acceptors (Lipinski definition) is 2. The van der Waals surface area contributed by atoms with E-state index in [-0.39, 0.29) is 22.0 Å². The number of carbonyl (C=O) groups is 1. The summed E-state index contributed by atoms with van der Waals surface area (Å²) in [6.45, 7) is 2.93. The molecule has 0 bridgehead atoms. The molecule has 1 aromatic carbocycles. The fraction of sp³-hybridized carbons (Fsp3) is 0.167. The Labute approximate surface area is 101 Å². The summed E-state index contributed by atoms with van der Waals surface area (Å²) in [6, 6.07) is 1.90. The number of aryl methyl sites for hydroxylation is 2. The van der Waals surface area contributed by atoms with E-state index < -0.39 is 23.1 Å². The highest BCUT2D eigenvalue weighted by Gasteiger charge is 2.25. The fourth-order valence-electron chi connectivity index (χ4n) is 2.05. The van der Waals surface area contributed by atoms with Crippen LogP contribution in [0.1, 0.15) is 27.2 Å². The van der Waals surface area contributed by atoms with E-state index in [9.17, 15) is 13.6 Å². The SMILES string of the molecule is Cc1[nH]c2c(C(N)=O)c(F)c(F)c(C)c2c1C#N. The molecule has 0 aliphatic rings. The van der Waals surface area contributed by atoms with E-state index >= 15 is 0 Å². The molecule has 0 atom stereocenters. The Morgan fingerprint density at radius 3 is 2.44 bits per heavy atom. The highest BCUT2D eigenvalue weighted by Crippen LogP contribution is 2.31. The zero-order chi connectivity index (χ0) is 13.6. The lowest BCUT2D eigenvalue weighted by Crippen LogP contribution is -2.15. The van der Waals surface area contributed by atoms with E-state index in [1.807, 2.05) is 6.07 Å². The number of nitriles is 1. The highest BCUT2D eigenvalue weighted by molar-refractivity contribution is 6.08. The van der Waals surface area contributed by atoms with Gasteiger partial charge in [0.25, 0.3) is 5.91 Å². The van der Waals surface area contributed by atoms with Gasteiger partial charge in [0, 0.05) is 11.1 Å². The van der Waals surface area contributed by atoms with Crippen LogP contribution in [0.4, 0.5) is 8.78 Å². The second-order valence-corrected chi connectivity index (χ2v) is 3.98. The summed E-state index contributed by atoms with van der Waals surface area (Å²) in [5, 5.41) is 9.21. The maximum Gasteiger partial charge on any atom is 0.253 e. The standard InChI is InChI=1S/C12H9F2N3O/c1-4-7-6(3-15)5(2)17-11(7)8(12(16)18)10(14)9(4)13/h17H,1-2H3,(H2,16,18). The molecule has 92 valence electrons. The molecular formula is C12H9F2N3O. The molecule has 1 heterocycles. The third kappa shape index (κ3) is 1.37. The normalized spacial score (nSPS) is 10.6. The van der Waals surface area contributed by atoms with Crippen LogP contribution < -0.4 is 5.73 Å². The molecule has 0 saturated carbocycles. The summed E-state index contributed by atoms with van der Waals surface area (Å²) >= 11 is 0. The van der Waals surface area contributed by atoms with Crippen LogP contribution in [0.2, 0.25) is 0 Å². The first-order chi connectivity index (χ1) is 8.40. The molecule has 0 radical (unpaired) electrons. The highest BCUT2D eigenvalue weighted by atomic mass is 19.2. The molecule has 18 heavy (non-hydrogen) atoms. The van der Waals surface area contributed by atoms with Gasteiger partial charge in [0.1, 0.15) is 11.6 Å². The maximum atomic E-state index is 13.7. The Balaban J connectivity index is 3.13. The lowest BCUT2D eigenvalue weighted by Gasteiger charge is -2.06. The molecule has 0 aliphatic heterocycles. The number of H-pyrrole nitrogens is 1. The number of aromatic nitrogens is 1. The molecule has 1 aromatic heterocycles. The van der Waals surface area contributed by atoms with Gasteiger partial charge in [-0.1, -0.05) is 0 Å². The van der Waals surface area contributed by atoms with Crippen molar-refractivity contribution >= 4 is 16.8 Å². The molecule has 0 aliphatic carbocycles. The Kier molecular flexibility index (Phi) is 2.55. The van der Waals surface area contributed by atoms with Crippen molar-refractivity contribution in [3.05, 3.63) is 34.0 Å². The number of nitrogens with one attached hydrogen (secondary N) is 1. The van der Waals surface area contributed by atoms with Crippen molar-refractivity contribution in [2.24, 2.45) is 5.73 Å². The molecule has 0 fully saturated rings. The molecule has 4 nitrogen and oxygen atoms in total. The van der Waals surface area contributed by atoms with Crippen LogP contribution in [0.3, 0.4) is 0 Å². The van der Waals surface area contributed by atoms with Crippen LogP contribution >= 0.6 is 0 Å². The average molecular weight is 249 g/mol. The molecule has 0 spiro atoms. The maximum absolute atomic E-state index is 13.7. The van der Waals surface area contributed by atoms with Crippen molar-refractivity contribution < 1.29 is 13.6 Å². The van der Waals surface area contributed by atoms with Crippen molar-refractivity contribution in [1.82, 2.24) is 4.98 Å². The average Bonchev–Trinajstić information content (AvgIpc) is 2.62. The zero-order valence-corrected chi connectivity index (χ0v) is 9.69. The number of nitrogens with zero attached hydrogens (tertiary/aromatic N) is 1. The second kappa shape index (κ2) is 3.81. The van der Waals surface area contributed by atoms with Gasteiger partial charge in [0.15, 0.2) is 11.6 Å². The van der Waals surface area contributed by atoms with Crippen molar-refractivity contribution in [3.8, 4) is 6.07 Å². The van der Waals surface area contributed by atoms with Crippen molar-refractivity contribution in [2.45, 2.75) is 13.8 Å². The number of benzene rings is 1. The van der Waals surface area contributed by atoms with E-state index in [0.717, 1.165) is 0 Å². The Bertz CT molecular complexity index is 725. The number of aromatic amines is 1. The number of hydrogen-bond donors (Lipinski definition) is 2. The fourth-order valence-corrected chi connectivity index (χ4v) is 2.05. The summed E-state index contributed by atoms with van der Waals surface area (Å²) in [6.07, 6.45) is 0. The molecular weight excluding hydrogens is 240 g/mol. The number of fused-ring (bicyclic) bond motifs is 1. The van der Waals surface area contributed by atoms with Gasteiger partial charge in [-0.15, -0.1) is 0 Å². The molecule has 3 N–H and O–H groups in total. The molecule has 2 aromatic rings. The summed E-state index contributed by atoms with van der Waals surface area (Å²) in [5.41, 5.74) is 5.15. The van der Waals surface area contributed by atoms with Gasteiger partial charge in [0.2, 0.25) is 0 Å². The van der Waals surface area contributed by atoms with Crippen molar-refractivity contribution in [1.29, 1.82) is 5.26 Å². The molecule has 0 unspecified atom stereocenters. The Morgan fingerprint density at radius 2 is 1.94 bits per heavy atom. The van der Waals surface area contributed by atoms with Crippen LogP contribution in [0.15, 0.2) is 0 Å². The molecule has 0 saturated heterocycles. The minimum absolute atomic E-state index is 0.0200. The number of rotatable bonds is 1. The molecule has 6 heteroatoms. The predicted octanol–water partition coefficient (Wildman–Crippen LogP) is 2.03. The van der Waals surface area contributed by atoms with Crippen molar-refractivity contribution in [2.75, 3.05) is 0 Å². The van der Waals surface area contributed by atoms with Crippen LogP contribution in [0, 0.1) is 36.8 Å². The lowest BCUT2D eigenvalue weighted by atomic mass is 10.0. The number of halogens is 2. The van der Waals surface area contributed by atoms with E-state index in [4.69, 9.17) is 11.0 Å². The van der Waals surface area contributed by atoms with E-state index in [1.165, 1.54) is 6.92 Å². The predicted molar refractivity (Wildman–Crippen MR) is 60.9 cm³/mol. The van der Waals surface area contributed by atoms with Gasteiger partial charge < -0.3 is 10.7 Å². The Hall–Kier alpha value is -2.42. The molecule has 1 amide bonds. The van der Waals surface area contributed by atoms with Crippen molar-refractivity contribution in [3.63, 3.8) is 0 Å². The van der Waals surface area contributed by atoms with E-state index in [0.29, 0.717) is 5.69 Å². The lowest BCUT2D eigenvalue weighted by molar-refractivity contribution is 0.0997. The third-order valence-electron chi connectivity index (χ3n) is 2.91. The largest absolute Gasteiger partial charge is 0.365 e. The number of nitrogens with two attached hydrogens (primary N) is 1. The van der Waals surface area contributed by atoms with Gasteiger partial charge >= 0.3 is 0 Å². The second-order valence-electron chi connectivity index (χ2n) is 3.98. The summed E-state index contributed by atoms with van der Waals surface area (Å²) < 4.78 is 27.4. The van der Waals surface area contributed by atoms with E-state index in [2.05, 4.69) is 4.98 Å². The smallest absolute Gasteiger partial charge is 0.253 e. The van der Waals surface area contributed by atoms with Crippen LogP contribution in [0.5, 0.6) is 0 Å². The summed E-state index contributed by atoms with van der Waals surface area (Å²) in [4.78, 5) is 13.9. The first-order valence-corrected chi connectivity index (χ1v) is 5.09.